The highest BCUT2D eigenvalue weighted by molar-refractivity contribution is 5.69. The Morgan fingerprint density at radius 3 is 2.37 bits per heavy atom. The van der Waals surface area contributed by atoms with Crippen LogP contribution in [-0.4, -0.2) is 40.0 Å². The van der Waals surface area contributed by atoms with Gasteiger partial charge in [0, 0.05) is 0 Å². The third-order valence-corrected chi connectivity index (χ3v) is 5.58. The summed E-state index contributed by atoms with van der Waals surface area (Å²) in [5, 5.41) is 12.7. The topological polar surface area (TPSA) is 96.5 Å². The van der Waals surface area contributed by atoms with Crippen LogP contribution in [0.4, 0.5) is 4.79 Å². The Balaban J connectivity index is 1.49. The molecule has 1 heterocycles. The molecule has 7 nitrogen and oxygen atoms in total. The second kappa shape index (κ2) is 11.9. The van der Waals surface area contributed by atoms with E-state index in [1.165, 1.54) is 5.56 Å². The van der Waals surface area contributed by atoms with Crippen LogP contribution in [0.5, 0.6) is 5.75 Å². The number of benzene rings is 2. The minimum Gasteiger partial charge on any atom is -0.494 e. The third-order valence-electron chi connectivity index (χ3n) is 5.58. The number of aromatic nitrogens is 2. The quantitative estimate of drug-likeness (QED) is 0.311. The molecule has 1 aromatic heterocycles. The first kappa shape index (κ1) is 26.3. The number of alkyl carbamates (subject to hydrolysis) is 1. The molecule has 0 radical (unpaired) electrons. The van der Waals surface area contributed by atoms with Crippen LogP contribution in [0.2, 0.25) is 0 Å². The molecule has 0 saturated carbocycles. The summed E-state index contributed by atoms with van der Waals surface area (Å²) in [6.45, 7) is 7.40. The van der Waals surface area contributed by atoms with Crippen LogP contribution < -0.4 is 10.1 Å². The number of carbonyl (C=O) groups is 1. The number of aliphatic hydroxyl groups excluding tert-OH is 1. The molecule has 188 valence electrons. The molecule has 1 amide bonds. The fraction of sp³-hybridized carbons (Fsp3) is 0.429. The van der Waals surface area contributed by atoms with Crippen molar-refractivity contribution < 1.29 is 19.4 Å². The predicted octanol–water partition coefficient (Wildman–Crippen LogP) is 5.60. The van der Waals surface area contributed by atoms with Crippen molar-refractivity contribution in [2.24, 2.45) is 0 Å². The lowest BCUT2D eigenvalue weighted by Gasteiger charge is -2.28. The van der Waals surface area contributed by atoms with Gasteiger partial charge in [-0.3, -0.25) is 0 Å². The molecule has 0 saturated heterocycles. The van der Waals surface area contributed by atoms with E-state index in [2.05, 4.69) is 39.6 Å². The van der Waals surface area contributed by atoms with Crippen LogP contribution in [0.25, 0.3) is 11.3 Å². The van der Waals surface area contributed by atoms with Crippen LogP contribution in [0.3, 0.4) is 0 Å². The summed E-state index contributed by atoms with van der Waals surface area (Å²) in [7, 11) is 0. The summed E-state index contributed by atoms with van der Waals surface area (Å²) in [5.74, 6) is 1.26. The zero-order valence-corrected chi connectivity index (χ0v) is 21.1. The average molecular weight is 480 g/mol. The SMILES string of the molecule is CC(C)(C)OC(=O)NC(C)(CO)c1ncc(-c2ccc(OCCCCCc3ccccc3)cc2)[nH]1. The largest absolute Gasteiger partial charge is 0.494 e. The molecule has 0 aliphatic rings. The number of carbonyl (C=O) groups excluding carboxylic acids is 1. The number of hydrogen-bond acceptors (Lipinski definition) is 5. The molecule has 2 aromatic carbocycles. The average Bonchev–Trinajstić information content (AvgIpc) is 3.32. The Kier molecular flexibility index (Phi) is 8.93. The third kappa shape index (κ3) is 8.14. The molecule has 35 heavy (non-hydrogen) atoms. The first-order valence-electron chi connectivity index (χ1n) is 12.1. The number of unbranched alkanes of at least 4 members (excludes halogenated alkanes) is 2. The fourth-order valence-electron chi connectivity index (χ4n) is 3.62. The summed E-state index contributed by atoms with van der Waals surface area (Å²) < 4.78 is 11.2. The molecule has 3 aromatic rings. The van der Waals surface area contributed by atoms with Crippen LogP contribution >= 0.6 is 0 Å². The Morgan fingerprint density at radius 1 is 1.00 bits per heavy atom. The van der Waals surface area contributed by atoms with E-state index in [0.717, 1.165) is 42.7 Å². The summed E-state index contributed by atoms with van der Waals surface area (Å²) in [6, 6.07) is 18.3. The highest BCUT2D eigenvalue weighted by Gasteiger charge is 2.33. The predicted molar refractivity (Wildman–Crippen MR) is 137 cm³/mol. The lowest BCUT2D eigenvalue weighted by molar-refractivity contribution is 0.0403. The number of aliphatic hydroxyl groups is 1. The summed E-state index contributed by atoms with van der Waals surface area (Å²) >= 11 is 0. The lowest BCUT2D eigenvalue weighted by atomic mass is 10.0. The van der Waals surface area contributed by atoms with Gasteiger partial charge in [-0.15, -0.1) is 0 Å². The second-order valence-electron chi connectivity index (χ2n) is 9.93. The molecular weight excluding hydrogens is 442 g/mol. The van der Waals surface area contributed by atoms with E-state index in [9.17, 15) is 9.90 Å². The van der Waals surface area contributed by atoms with E-state index < -0.39 is 17.2 Å². The van der Waals surface area contributed by atoms with Gasteiger partial charge in [0.2, 0.25) is 0 Å². The molecule has 0 aliphatic heterocycles. The number of hydrogen-bond donors (Lipinski definition) is 3. The van der Waals surface area contributed by atoms with Gasteiger partial charge < -0.3 is 24.9 Å². The number of aromatic amines is 1. The molecule has 3 rings (SSSR count). The summed E-state index contributed by atoms with van der Waals surface area (Å²) in [6.07, 6.45) is 5.47. The van der Waals surface area contributed by atoms with Gasteiger partial charge in [0.1, 0.15) is 22.7 Å². The molecule has 7 heteroatoms. The van der Waals surface area contributed by atoms with Gasteiger partial charge in [-0.1, -0.05) is 30.3 Å². The molecule has 1 unspecified atom stereocenters. The molecule has 3 N–H and O–H groups in total. The maximum atomic E-state index is 12.2. The van der Waals surface area contributed by atoms with Gasteiger partial charge in [-0.2, -0.15) is 0 Å². The van der Waals surface area contributed by atoms with Crippen molar-refractivity contribution in [3.05, 3.63) is 72.2 Å². The maximum absolute atomic E-state index is 12.2. The smallest absolute Gasteiger partial charge is 0.408 e. The van der Waals surface area contributed by atoms with Crippen LogP contribution in [-0.2, 0) is 16.7 Å². The van der Waals surface area contributed by atoms with Gasteiger partial charge in [-0.25, -0.2) is 9.78 Å². The molecule has 0 fully saturated rings. The second-order valence-corrected chi connectivity index (χ2v) is 9.93. The monoisotopic (exact) mass is 479 g/mol. The highest BCUT2D eigenvalue weighted by atomic mass is 16.6. The zero-order valence-electron chi connectivity index (χ0n) is 21.1. The van der Waals surface area contributed by atoms with Crippen molar-refractivity contribution in [1.29, 1.82) is 0 Å². The number of rotatable bonds is 11. The molecular formula is C28H37N3O4. The highest BCUT2D eigenvalue weighted by Crippen LogP contribution is 2.25. The first-order valence-corrected chi connectivity index (χ1v) is 12.1. The molecule has 0 aliphatic carbocycles. The number of imidazole rings is 1. The fourth-order valence-corrected chi connectivity index (χ4v) is 3.62. The summed E-state index contributed by atoms with van der Waals surface area (Å²) in [4.78, 5) is 19.8. The van der Waals surface area contributed by atoms with Crippen molar-refractivity contribution in [2.45, 2.75) is 64.5 Å². The minimum absolute atomic E-state index is 0.336. The van der Waals surface area contributed by atoms with Gasteiger partial charge in [-0.05, 0) is 88.8 Å². The van der Waals surface area contributed by atoms with Crippen LogP contribution in [0, 0.1) is 0 Å². The van der Waals surface area contributed by atoms with E-state index in [-0.39, 0.29) is 6.61 Å². The van der Waals surface area contributed by atoms with Crippen molar-refractivity contribution in [1.82, 2.24) is 15.3 Å². The van der Waals surface area contributed by atoms with E-state index >= 15 is 0 Å². The van der Waals surface area contributed by atoms with Gasteiger partial charge >= 0.3 is 6.09 Å². The van der Waals surface area contributed by atoms with Gasteiger partial charge in [0.15, 0.2) is 0 Å². The normalized spacial score (nSPS) is 13.2. The van der Waals surface area contributed by atoms with E-state index in [0.29, 0.717) is 12.4 Å². The number of nitrogens with one attached hydrogen (secondary N) is 2. The summed E-state index contributed by atoms with van der Waals surface area (Å²) in [5.41, 5.74) is 1.34. The van der Waals surface area contributed by atoms with Crippen molar-refractivity contribution in [3.63, 3.8) is 0 Å². The number of aryl methyl sites for hydroxylation is 1. The Bertz CT molecular complexity index is 1060. The van der Waals surface area contributed by atoms with E-state index in [4.69, 9.17) is 9.47 Å². The minimum atomic E-state index is -1.11. The van der Waals surface area contributed by atoms with Gasteiger partial charge in [0.05, 0.1) is 25.1 Å². The number of ether oxygens (including phenoxy) is 2. The Hall–Kier alpha value is -3.32. The van der Waals surface area contributed by atoms with Crippen molar-refractivity contribution in [3.8, 4) is 17.0 Å². The molecule has 0 bridgehead atoms. The number of H-pyrrole nitrogens is 1. The first-order chi connectivity index (χ1) is 16.7. The number of amides is 1. The van der Waals surface area contributed by atoms with Crippen LogP contribution in [0.1, 0.15) is 58.3 Å². The Labute approximate surface area is 207 Å². The Morgan fingerprint density at radius 2 is 1.71 bits per heavy atom. The zero-order chi connectivity index (χ0) is 25.3. The molecule has 0 spiro atoms. The number of nitrogens with zero attached hydrogens (tertiary/aromatic N) is 1. The van der Waals surface area contributed by atoms with Gasteiger partial charge in [0.25, 0.3) is 0 Å². The van der Waals surface area contributed by atoms with Crippen LogP contribution in [0.15, 0.2) is 60.8 Å². The lowest BCUT2D eigenvalue weighted by Crippen LogP contribution is -2.48. The van der Waals surface area contributed by atoms with E-state index in [1.54, 1.807) is 33.9 Å². The van der Waals surface area contributed by atoms with E-state index in [1.807, 2.05) is 30.3 Å². The van der Waals surface area contributed by atoms with Crippen molar-refractivity contribution in [2.75, 3.05) is 13.2 Å². The maximum Gasteiger partial charge on any atom is 0.408 e. The molecule has 1 atom stereocenters. The van der Waals surface area contributed by atoms with Crippen molar-refractivity contribution >= 4 is 6.09 Å². The standard InChI is InChI=1S/C28H37N3O4/c1-27(2,3)35-26(33)31-28(4,20-32)25-29-19-24(30-25)22-14-16-23(17-15-22)34-18-10-6-9-13-21-11-7-5-8-12-21/h5,7-8,11-12,14-17,19,32H,6,9-10,13,18,20H2,1-4H3,(H,29,30)(H,31,33).